The highest BCUT2D eigenvalue weighted by Gasteiger charge is 2.11. The lowest BCUT2D eigenvalue weighted by Gasteiger charge is -2.01. The van der Waals surface area contributed by atoms with Crippen LogP contribution >= 0.6 is 15.9 Å². The first-order chi connectivity index (χ1) is 6.16. The summed E-state index contributed by atoms with van der Waals surface area (Å²) in [5, 5.41) is 0. The quantitative estimate of drug-likeness (QED) is 0.449. The maximum Gasteiger partial charge on any atom is 0.235 e. The lowest BCUT2D eigenvalue weighted by atomic mass is 10.2. The van der Waals surface area contributed by atoms with E-state index in [4.69, 9.17) is 0 Å². The van der Waals surface area contributed by atoms with Crippen molar-refractivity contribution >= 4 is 22.0 Å². The van der Waals surface area contributed by atoms with Gasteiger partial charge in [-0.05, 0) is 28.1 Å². The maximum absolute atomic E-state index is 13.1. The molecule has 0 bridgehead atoms. The molecule has 5 heteroatoms. The molecule has 0 unspecified atom stereocenters. The zero-order valence-electron chi connectivity index (χ0n) is 6.35. The van der Waals surface area contributed by atoms with Crippen LogP contribution in [0, 0.1) is 11.6 Å². The second-order valence-electron chi connectivity index (χ2n) is 2.23. The standard InChI is InChI=1S/C8H4BrF2NO/c9-6-1-2-7(10)5(8(6)11)3-12-4-13/h1-2H,3H2. The molecule has 0 heterocycles. The summed E-state index contributed by atoms with van der Waals surface area (Å²) in [5.74, 6) is -1.46. The Labute approximate surface area is 81.4 Å². The van der Waals surface area contributed by atoms with Crippen molar-refractivity contribution < 1.29 is 13.6 Å². The molecular weight excluding hydrogens is 244 g/mol. The van der Waals surface area contributed by atoms with Gasteiger partial charge in [0.1, 0.15) is 11.6 Å². The van der Waals surface area contributed by atoms with Gasteiger partial charge in [0.15, 0.2) is 0 Å². The third-order valence-corrected chi connectivity index (χ3v) is 2.05. The number of carbonyl (C=O) groups excluding carboxylic acids is 1. The molecule has 0 radical (unpaired) electrons. The Morgan fingerprint density at radius 2 is 2.15 bits per heavy atom. The summed E-state index contributed by atoms with van der Waals surface area (Å²) in [6, 6.07) is 2.35. The Hall–Kier alpha value is -1.06. The molecule has 0 atom stereocenters. The number of benzene rings is 1. The largest absolute Gasteiger partial charge is 0.235 e. The molecule has 0 saturated carbocycles. The molecule has 0 N–H and O–H groups in total. The van der Waals surface area contributed by atoms with Gasteiger partial charge in [0.25, 0.3) is 0 Å². The molecule has 0 aromatic heterocycles. The highest BCUT2D eigenvalue weighted by atomic mass is 79.9. The van der Waals surface area contributed by atoms with E-state index >= 15 is 0 Å². The van der Waals surface area contributed by atoms with E-state index in [2.05, 4.69) is 20.9 Å². The Kier molecular flexibility index (Phi) is 3.28. The van der Waals surface area contributed by atoms with Crippen LogP contribution in [0.3, 0.4) is 0 Å². The van der Waals surface area contributed by atoms with E-state index in [1.807, 2.05) is 0 Å². The summed E-state index contributed by atoms with van der Waals surface area (Å²) in [5.41, 5.74) is -0.238. The first kappa shape index (κ1) is 10.0. The Bertz CT molecular complexity index is 375. The van der Waals surface area contributed by atoms with Gasteiger partial charge in [-0.25, -0.2) is 18.6 Å². The minimum Gasteiger partial charge on any atom is -0.211 e. The van der Waals surface area contributed by atoms with Gasteiger partial charge in [0, 0.05) is 5.56 Å². The van der Waals surface area contributed by atoms with Crippen LogP contribution in [0.4, 0.5) is 8.78 Å². The highest BCUT2D eigenvalue weighted by molar-refractivity contribution is 9.10. The van der Waals surface area contributed by atoms with E-state index in [-0.39, 0.29) is 16.6 Å². The summed E-state index contributed by atoms with van der Waals surface area (Å²) in [6.07, 6.45) is 1.22. The van der Waals surface area contributed by atoms with Gasteiger partial charge in [-0.15, -0.1) is 0 Å². The van der Waals surface area contributed by atoms with Crippen molar-refractivity contribution in [3.8, 4) is 0 Å². The molecule has 2 nitrogen and oxygen atoms in total. The number of nitrogens with zero attached hydrogens (tertiary/aromatic N) is 1. The zero-order valence-corrected chi connectivity index (χ0v) is 7.94. The average Bonchev–Trinajstić information content (AvgIpc) is 2.12. The van der Waals surface area contributed by atoms with Gasteiger partial charge in [-0.3, -0.25) is 0 Å². The smallest absolute Gasteiger partial charge is 0.211 e. The monoisotopic (exact) mass is 247 g/mol. The minimum absolute atomic E-state index is 0.144. The molecule has 0 saturated heterocycles. The van der Waals surface area contributed by atoms with E-state index in [1.54, 1.807) is 0 Å². The minimum atomic E-state index is -0.737. The topological polar surface area (TPSA) is 29.4 Å². The average molecular weight is 248 g/mol. The van der Waals surface area contributed by atoms with Crippen molar-refractivity contribution in [2.24, 2.45) is 4.99 Å². The van der Waals surface area contributed by atoms with Crippen LogP contribution in [-0.4, -0.2) is 6.08 Å². The number of isocyanates is 1. The van der Waals surface area contributed by atoms with Gasteiger partial charge < -0.3 is 0 Å². The van der Waals surface area contributed by atoms with E-state index in [0.29, 0.717) is 0 Å². The summed E-state index contributed by atoms with van der Waals surface area (Å²) < 4.78 is 26.2. The van der Waals surface area contributed by atoms with Crippen LogP contribution in [0.5, 0.6) is 0 Å². The lowest BCUT2D eigenvalue weighted by molar-refractivity contribution is 0.547. The molecule has 1 aromatic carbocycles. The summed E-state index contributed by atoms with van der Waals surface area (Å²) in [4.78, 5) is 12.8. The Balaban J connectivity index is 3.16. The fraction of sp³-hybridized carbons (Fsp3) is 0.125. The van der Waals surface area contributed by atoms with E-state index in [9.17, 15) is 13.6 Å². The normalized spacial score (nSPS) is 9.46. The third kappa shape index (κ3) is 2.20. The number of hydrogen-bond donors (Lipinski definition) is 0. The molecule has 0 aliphatic rings. The molecule has 0 spiro atoms. The van der Waals surface area contributed by atoms with Crippen LogP contribution in [0.1, 0.15) is 5.56 Å². The number of hydrogen-bond acceptors (Lipinski definition) is 2. The molecule has 68 valence electrons. The van der Waals surface area contributed by atoms with E-state index in [1.165, 1.54) is 12.1 Å². The van der Waals surface area contributed by atoms with Gasteiger partial charge >= 0.3 is 0 Å². The summed E-state index contributed by atoms with van der Waals surface area (Å²) in [6.45, 7) is -0.333. The molecule has 0 amide bonds. The van der Waals surface area contributed by atoms with Crippen molar-refractivity contribution in [2.75, 3.05) is 0 Å². The predicted octanol–water partition coefficient (Wildman–Crippen LogP) is 2.56. The fourth-order valence-corrected chi connectivity index (χ4v) is 1.20. The lowest BCUT2D eigenvalue weighted by Crippen LogP contribution is -1.94. The van der Waals surface area contributed by atoms with Crippen LogP contribution in [0.25, 0.3) is 0 Å². The van der Waals surface area contributed by atoms with Crippen molar-refractivity contribution in [3.63, 3.8) is 0 Å². The number of rotatable bonds is 2. The zero-order chi connectivity index (χ0) is 9.84. The van der Waals surface area contributed by atoms with Crippen LogP contribution < -0.4 is 0 Å². The van der Waals surface area contributed by atoms with Crippen molar-refractivity contribution in [3.05, 3.63) is 33.8 Å². The molecule has 0 aliphatic heterocycles. The molecule has 1 rings (SSSR count). The van der Waals surface area contributed by atoms with Crippen LogP contribution in [0.15, 0.2) is 21.6 Å². The first-order valence-corrected chi connectivity index (χ1v) is 4.12. The summed E-state index contributed by atoms with van der Waals surface area (Å²) >= 11 is 2.89. The predicted molar refractivity (Wildman–Crippen MR) is 45.9 cm³/mol. The molecule has 0 aliphatic carbocycles. The molecular formula is C8H4BrF2NO. The van der Waals surface area contributed by atoms with E-state index < -0.39 is 11.6 Å². The fourth-order valence-electron chi connectivity index (χ4n) is 0.825. The van der Waals surface area contributed by atoms with Gasteiger partial charge in [0.2, 0.25) is 6.08 Å². The number of aliphatic imine (C=N–C) groups is 1. The van der Waals surface area contributed by atoms with Gasteiger partial charge in [0.05, 0.1) is 11.0 Å². The second-order valence-corrected chi connectivity index (χ2v) is 3.08. The van der Waals surface area contributed by atoms with E-state index in [0.717, 1.165) is 6.07 Å². The second kappa shape index (κ2) is 4.25. The SMILES string of the molecule is O=C=NCc1c(F)ccc(Br)c1F. The third-order valence-electron chi connectivity index (χ3n) is 1.44. The number of halogens is 3. The van der Waals surface area contributed by atoms with Crippen LogP contribution in [-0.2, 0) is 11.3 Å². The van der Waals surface area contributed by atoms with Crippen molar-refractivity contribution in [1.29, 1.82) is 0 Å². The van der Waals surface area contributed by atoms with Gasteiger partial charge in [-0.2, -0.15) is 0 Å². The maximum atomic E-state index is 13.1. The highest BCUT2D eigenvalue weighted by Crippen LogP contribution is 2.21. The molecule has 0 fully saturated rings. The van der Waals surface area contributed by atoms with Crippen LogP contribution in [0.2, 0.25) is 0 Å². The Morgan fingerprint density at radius 1 is 1.46 bits per heavy atom. The van der Waals surface area contributed by atoms with Crippen molar-refractivity contribution in [1.82, 2.24) is 0 Å². The summed E-state index contributed by atoms with van der Waals surface area (Å²) in [7, 11) is 0. The first-order valence-electron chi connectivity index (χ1n) is 3.33. The molecule has 1 aromatic rings. The Morgan fingerprint density at radius 3 is 2.77 bits per heavy atom. The van der Waals surface area contributed by atoms with Gasteiger partial charge in [-0.1, -0.05) is 0 Å². The molecule has 13 heavy (non-hydrogen) atoms. The van der Waals surface area contributed by atoms with Crippen molar-refractivity contribution in [2.45, 2.75) is 6.54 Å².